The Labute approximate surface area is 660 Å². The molecule has 10 aromatic rings. The minimum absolute atomic E-state index is 0.00861. The van der Waals surface area contributed by atoms with Gasteiger partial charge in [0.15, 0.2) is 0 Å². The molecule has 0 saturated heterocycles. The molecule has 109 heavy (non-hydrogen) atoms. The third kappa shape index (κ3) is 13.4. The Morgan fingerprint density at radius 2 is 0.450 bits per heavy atom. The van der Waals surface area contributed by atoms with E-state index in [0.717, 1.165) is 38.5 Å². The zero-order valence-corrected chi connectivity index (χ0v) is 70.8. The first-order chi connectivity index (χ1) is 52.1. The molecular formula is C109H130. The second kappa shape index (κ2) is 29.7. The van der Waals surface area contributed by atoms with E-state index in [1.807, 2.05) is 0 Å². The molecule has 0 saturated carbocycles. The smallest absolute Gasteiger partial charge is 0.0215 e. The van der Waals surface area contributed by atoms with Gasteiger partial charge in [-0.25, -0.2) is 0 Å². The standard InChI is InChI=1S/C109H130/c1-67(2)41-49-106(50-42-68(3)4)93-27-23-21-25-84(93)86-35-29-77(60-95(86)106)78-30-36-88-89-37-31-79(62-97(89)108(96(88)61-78,53-45-71(9)10)54-46-72(11)12)80-32-38-90-91-39-33-81(64-99(91)109(98(90)63-80,55-47-73(13)14)56-48-74(15)16)83-59-92(104-102(66-83)105(19,20)101-58-75(17)57-76(18)103(101)104)82-34-40-87-85-26-22-24-28-94(85)107(100(87)65-82,51-43-69(5)6)52-44-70(7)8/h21-40,57-74H,41-56H2,1-20H3. The Morgan fingerprint density at radius 1 is 0.211 bits per heavy atom. The lowest BCUT2D eigenvalue weighted by Gasteiger charge is -2.35. The minimum atomic E-state index is -0.199. The van der Waals surface area contributed by atoms with E-state index in [2.05, 4.69) is 320 Å². The van der Waals surface area contributed by atoms with Crippen molar-refractivity contribution in [2.24, 2.45) is 47.3 Å². The van der Waals surface area contributed by atoms with Crippen LogP contribution in [0.1, 0.15) is 294 Å². The van der Waals surface area contributed by atoms with Crippen LogP contribution in [0.15, 0.2) is 182 Å². The van der Waals surface area contributed by atoms with Gasteiger partial charge < -0.3 is 0 Å². The van der Waals surface area contributed by atoms with Gasteiger partial charge in [-0.2, -0.15) is 0 Å². The monoisotopic (exact) mass is 1440 g/mol. The third-order valence-corrected chi connectivity index (χ3v) is 28.0. The molecular weight excluding hydrogens is 1310 g/mol. The summed E-state index contributed by atoms with van der Waals surface area (Å²) in [5, 5.41) is 0. The second-order valence-corrected chi connectivity index (χ2v) is 39.5. The van der Waals surface area contributed by atoms with Gasteiger partial charge in [0.2, 0.25) is 0 Å². The molecule has 0 amide bonds. The van der Waals surface area contributed by atoms with Crippen molar-refractivity contribution in [2.45, 2.75) is 268 Å². The van der Waals surface area contributed by atoms with E-state index in [4.69, 9.17) is 0 Å². The number of benzene rings is 10. The van der Waals surface area contributed by atoms with Crippen LogP contribution in [0.4, 0.5) is 0 Å². The fourth-order valence-corrected chi connectivity index (χ4v) is 21.6. The Hall–Kier alpha value is -7.80. The molecule has 0 aliphatic heterocycles. The number of hydrogen-bond acceptors (Lipinski definition) is 0. The van der Waals surface area contributed by atoms with E-state index in [-0.39, 0.29) is 27.1 Å². The molecule has 10 aromatic carbocycles. The minimum Gasteiger partial charge on any atom is -0.0628 e. The zero-order valence-electron chi connectivity index (χ0n) is 70.8. The third-order valence-electron chi connectivity index (χ3n) is 28.0. The van der Waals surface area contributed by atoms with Gasteiger partial charge in [0.25, 0.3) is 0 Å². The average molecular weight is 1440 g/mol. The molecule has 0 unspecified atom stereocenters. The highest BCUT2D eigenvalue weighted by Gasteiger charge is 2.49. The van der Waals surface area contributed by atoms with Gasteiger partial charge >= 0.3 is 0 Å². The second-order valence-electron chi connectivity index (χ2n) is 39.5. The quantitative estimate of drug-likeness (QED) is 0.0458. The van der Waals surface area contributed by atoms with Crippen LogP contribution in [-0.4, -0.2) is 0 Å². The number of rotatable bonds is 28. The van der Waals surface area contributed by atoms with Crippen molar-refractivity contribution in [1.29, 1.82) is 0 Å². The van der Waals surface area contributed by atoms with Crippen LogP contribution < -0.4 is 0 Å². The normalized spacial score (nSPS) is 15.9. The van der Waals surface area contributed by atoms with Crippen molar-refractivity contribution in [1.82, 2.24) is 0 Å². The Balaban J connectivity index is 0.864. The fourth-order valence-electron chi connectivity index (χ4n) is 21.6. The van der Waals surface area contributed by atoms with Crippen LogP contribution in [0.2, 0.25) is 0 Å². The highest BCUT2D eigenvalue weighted by Crippen LogP contribution is 2.63. The predicted octanol–water partition coefficient (Wildman–Crippen LogP) is 31.8. The van der Waals surface area contributed by atoms with Crippen molar-refractivity contribution < 1.29 is 0 Å². The van der Waals surface area contributed by atoms with E-state index in [9.17, 15) is 0 Å². The van der Waals surface area contributed by atoms with Gasteiger partial charge in [0.05, 0.1) is 0 Å². The highest BCUT2D eigenvalue weighted by atomic mass is 14.5. The molecule has 0 bridgehead atoms. The van der Waals surface area contributed by atoms with E-state index in [1.165, 1.54) is 192 Å². The summed E-state index contributed by atoms with van der Waals surface area (Å²) >= 11 is 0. The maximum absolute atomic E-state index is 2.73. The lowest BCUT2D eigenvalue weighted by atomic mass is 9.68. The molecule has 5 aliphatic carbocycles. The first-order valence-electron chi connectivity index (χ1n) is 43.5. The summed E-state index contributed by atoms with van der Waals surface area (Å²) < 4.78 is 0. The van der Waals surface area contributed by atoms with Crippen LogP contribution in [0.3, 0.4) is 0 Å². The molecule has 0 N–H and O–H groups in total. The summed E-state index contributed by atoms with van der Waals surface area (Å²) in [6.07, 6.45) is 18.8. The van der Waals surface area contributed by atoms with Gasteiger partial charge in [-0.3, -0.25) is 0 Å². The van der Waals surface area contributed by atoms with Crippen molar-refractivity contribution >= 4 is 0 Å². The molecule has 0 radical (unpaired) electrons. The molecule has 0 fully saturated rings. The Morgan fingerprint density at radius 3 is 0.752 bits per heavy atom. The topological polar surface area (TPSA) is 0 Å². The van der Waals surface area contributed by atoms with Gasteiger partial charge in [-0.15, -0.1) is 0 Å². The lowest BCUT2D eigenvalue weighted by molar-refractivity contribution is 0.364. The summed E-state index contributed by atoms with van der Waals surface area (Å²) in [5.74, 6) is 4.86. The largest absolute Gasteiger partial charge is 0.0628 e. The lowest BCUT2D eigenvalue weighted by Crippen LogP contribution is -2.27. The summed E-state index contributed by atoms with van der Waals surface area (Å²) in [6.45, 7) is 48.7. The molecule has 15 rings (SSSR count). The van der Waals surface area contributed by atoms with Crippen LogP contribution in [-0.2, 0) is 27.1 Å². The number of aryl methyl sites for hydroxylation is 2. The maximum atomic E-state index is 2.73. The molecule has 0 atom stereocenters. The van der Waals surface area contributed by atoms with Crippen LogP contribution in [0, 0.1) is 61.2 Å². The van der Waals surface area contributed by atoms with Crippen molar-refractivity contribution in [2.75, 3.05) is 0 Å². The predicted molar refractivity (Wildman–Crippen MR) is 473 cm³/mol. The van der Waals surface area contributed by atoms with Gasteiger partial charge in [0.1, 0.15) is 0 Å². The van der Waals surface area contributed by atoms with Crippen LogP contribution >= 0.6 is 0 Å². The van der Waals surface area contributed by atoms with Crippen LogP contribution in [0.25, 0.3) is 100 Å². The first kappa shape index (κ1) is 76.6. The van der Waals surface area contributed by atoms with E-state index < -0.39 is 0 Å². The molecule has 0 nitrogen and oxygen atoms in total. The molecule has 566 valence electrons. The molecule has 5 aliphatic rings. The van der Waals surface area contributed by atoms with Gasteiger partial charge in [0, 0.05) is 27.1 Å². The van der Waals surface area contributed by atoms with E-state index in [0.29, 0.717) is 47.3 Å². The average Bonchev–Trinajstić information content (AvgIpc) is 1.56. The summed E-state index contributed by atoms with van der Waals surface area (Å²) in [5.41, 5.74) is 42.8. The molecule has 0 aromatic heterocycles. The van der Waals surface area contributed by atoms with Crippen molar-refractivity contribution in [3.05, 3.63) is 249 Å². The zero-order chi connectivity index (χ0) is 77.0. The van der Waals surface area contributed by atoms with Crippen molar-refractivity contribution in [3.8, 4) is 100 Å². The van der Waals surface area contributed by atoms with Gasteiger partial charge in [-0.1, -0.05) is 264 Å². The van der Waals surface area contributed by atoms with Crippen LogP contribution in [0.5, 0.6) is 0 Å². The fraction of sp³-hybridized carbons (Fsp3) is 0.450. The maximum Gasteiger partial charge on any atom is 0.0215 e. The molecule has 0 spiro atoms. The first-order valence-corrected chi connectivity index (χ1v) is 43.5. The molecule has 0 heteroatoms. The SMILES string of the molecule is Cc1cc(C)c2c(c1)C(C)(C)c1cc(-c3ccc4c(c3)C(CCC(C)C)(CCC(C)C)c3cc(-c5ccc6c(c5)C(CCC(C)C)(CCC(C)C)c5cc(-c7ccc8c(c7)C(CCC(C)C)(CCC(C)C)c7ccccc7-8)ccc5-6)ccc3-4)cc(-c3ccc4c(c3)C(CCC(C)C)(CCC(C)C)c3ccccc3-4)c1-2. The van der Waals surface area contributed by atoms with Gasteiger partial charge in [-0.05, 0) is 374 Å². The van der Waals surface area contributed by atoms with Crippen molar-refractivity contribution in [3.63, 3.8) is 0 Å². The number of hydrogen-bond donors (Lipinski definition) is 0. The Kier molecular flexibility index (Phi) is 20.9. The Bertz CT molecular complexity index is 5020. The molecule has 0 heterocycles. The summed E-state index contributed by atoms with van der Waals surface area (Å²) in [6, 6.07) is 75.8. The summed E-state index contributed by atoms with van der Waals surface area (Å²) in [7, 11) is 0. The highest BCUT2D eigenvalue weighted by molar-refractivity contribution is 5.99. The van der Waals surface area contributed by atoms with E-state index in [1.54, 1.807) is 38.9 Å². The summed E-state index contributed by atoms with van der Waals surface area (Å²) in [4.78, 5) is 0. The number of fused-ring (bicyclic) bond motifs is 15. The van der Waals surface area contributed by atoms with E-state index >= 15 is 0 Å².